The van der Waals surface area contributed by atoms with Gasteiger partial charge in [-0.3, -0.25) is 0 Å². The first-order valence-corrected chi connectivity index (χ1v) is 5.52. The molecule has 0 unspecified atom stereocenters. The van der Waals surface area contributed by atoms with E-state index in [1.54, 1.807) is 11.3 Å². The lowest BCUT2D eigenvalue weighted by Crippen LogP contribution is -2.14. The van der Waals surface area contributed by atoms with Crippen LogP contribution in [0.25, 0.3) is 10.6 Å². The molecule has 0 amide bonds. The van der Waals surface area contributed by atoms with Crippen molar-refractivity contribution in [1.29, 1.82) is 5.26 Å². The molecule has 15 heavy (non-hydrogen) atoms. The molecule has 2 aromatic rings. The van der Waals surface area contributed by atoms with Crippen LogP contribution in [0.5, 0.6) is 0 Å². The molecule has 4 heteroatoms. The third-order valence-corrected chi connectivity index (χ3v) is 3.16. The fourth-order valence-electron chi connectivity index (χ4n) is 1.21. The second-order valence-electron chi connectivity index (χ2n) is 3.87. The van der Waals surface area contributed by atoms with Crippen molar-refractivity contribution in [2.24, 2.45) is 0 Å². The molecular formula is C11H11N3S. The van der Waals surface area contributed by atoms with Gasteiger partial charge in [0.15, 0.2) is 0 Å². The average Bonchev–Trinajstić information content (AvgIpc) is 2.88. The molecule has 76 valence electrons. The second-order valence-corrected chi connectivity index (χ2v) is 4.73. The van der Waals surface area contributed by atoms with Gasteiger partial charge in [0.1, 0.15) is 5.01 Å². The zero-order chi connectivity index (χ0) is 10.9. The number of aromatic nitrogens is 2. The number of hydrogen-bond acceptors (Lipinski definition) is 3. The molecular weight excluding hydrogens is 206 g/mol. The molecule has 0 aliphatic carbocycles. The summed E-state index contributed by atoms with van der Waals surface area (Å²) in [5.41, 5.74) is 1.40. The van der Waals surface area contributed by atoms with E-state index in [4.69, 9.17) is 5.26 Å². The van der Waals surface area contributed by atoms with Crippen molar-refractivity contribution in [2.45, 2.75) is 19.3 Å². The van der Waals surface area contributed by atoms with Gasteiger partial charge in [-0.15, -0.1) is 11.3 Å². The summed E-state index contributed by atoms with van der Waals surface area (Å²) in [6, 6.07) is 4.23. The normalized spacial score (nSPS) is 11.3. The summed E-state index contributed by atoms with van der Waals surface area (Å²) in [4.78, 5) is 7.46. The molecule has 0 aromatic carbocycles. The minimum atomic E-state index is -0.509. The summed E-state index contributed by atoms with van der Waals surface area (Å²) >= 11 is 1.57. The van der Waals surface area contributed by atoms with Gasteiger partial charge in [-0.25, -0.2) is 4.98 Å². The molecule has 0 saturated heterocycles. The molecule has 0 atom stereocenters. The Bertz CT molecular complexity index is 488. The highest BCUT2D eigenvalue weighted by molar-refractivity contribution is 7.13. The van der Waals surface area contributed by atoms with Crippen LogP contribution in [0.4, 0.5) is 0 Å². The van der Waals surface area contributed by atoms with E-state index in [2.05, 4.69) is 16.0 Å². The lowest BCUT2D eigenvalue weighted by Gasteiger charge is -2.10. The van der Waals surface area contributed by atoms with Gasteiger partial charge in [0.25, 0.3) is 0 Å². The third kappa shape index (κ3) is 1.79. The Hall–Kier alpha value is -1.60. The fourth-order valence-corrected chi connectivity index (χ4v) is 2.19. The van der Waals surface area contributed by atoms with Crippen molar-refractivity contribution in [3.05, 3.63) is 29.5 Å². The number of nitrogens with one attached hydrogen (secondary N) is 1. The van der Waals surface area contributed by atoms with Crippen molar-refractivity contribution >= 4 is 11.3 Å². The SMILES string of the molecule is CC(C)(C#N)c1csc(-c2cc[nH]c2)n1. The molecule has 0 aliphatic rings. The third-order valence-electron chi connectivity index (χ3n) is 2.27. The Morgan fingerprint density at radius 2 is 2.33 bits per heavy atom. The first-order chi connectivity index (χ1) is 7.13. The van der Waals surface area contributed by atoms with Crippen LogP contribution in [0.15, 0.2) is 23.8 Å². The van der Waals surface area contributed by atoms with Crippen molar-refractivity contribution in [3.8, 4) is 16.6 Å². The van der Waals surface area contributed by atoms with E-state index in [-0.39, 0.29) is 0 Å². The quantitative estimate of drug-likeness (QED) is 0.840. The van der Waals surface area contributed by atoms with E-state index in [0.29, 0.717) is 0 Å². The molecule has 2 rings (SSSR count). The molecule has 1 N–H and O–H groups in total. The van der Waals surface area contributed by atoms with Gasteiger partial charge in [0.2, 0.25) is 0 Å². The standard InChI is InChI=1S/C11H11N3S/c1-11(2,7-12)9-6-15-10(14-9)8-3-4-13-5-8/h3-6,13H,1-2H3. The second kappa shape index (κ2) is 3.52. The fraction of sp³-hybridized carbons (Fsp3) is 0.273. The van der Waals surface area contributed by atoms with Crippen molar-refractivity contribution < 1.29 is 0 Å². The van der Waals surface area contributed by atoms with Crippen LogP contribution in [0.2, 0.25) is 0 Å². The summed E-state index contributed by atoms with van der Waals surface area (Å²) in [5.74, 6) is 0. The lowest BCUT2D eigenvalue weighted by atomic mass is 9.92. The van der Waals surface area contributed by atoms with E-state index in [1.807, 2.05) is 37.7 Å². The lowest BCUT2D eigenvalue weighted by molar-refractivity contribution is 0.666. The maximum Gasteiger partial charge on any atom is 0.125 e. The average molecular weight is 217 g/mol. The summed E-state index contributed by atoms with van der Waals surface area (Å²) in [7, 11) is 0. The zero-order valence-corrected chi connectivity index (χ0v) is 9.43. The van der Waals surface area contributed by atoms with Gasteiger partial charge in [-0.1, -0.05) is 0 Å². The van der Waals surface area contributed by atoms with E-state index >= 15 is 0 Å². The van der Waals surface area contributed by atoms with Crippen LogP contribution in [-0.2, 0) is 5.41 Å². The summed E-state index contributed by atoms with van der Waals surface area (Å²) in [6.07, 6.45) is 3.77. The van der Waals surface area contributed by atoms with Gasteiger partial charge in [-0.2, -0.15) is 5.26 Å². The number of nitrogens with zero attached hydrogens (tertiary/aromatic N) is 2. The number of thiazole rings is 1. The van der Waals surface area contributed by atoms with E-state index < -0.39 is 5.41 Å². The molecule has 3 nitrogen and oxygen atoms in total. The zero-order valence-electron chi connectivity index (χ0n) is 8.61. The Kier molecular flexibility index (Phi) is 2.33. The predicted octanol–water partition coefficient (Wildman–Crippen LogP) is 2.94. The van der Waals surface area contributed by atoms with Crippen molar-refractivity contribution in [2.75, 3.05) is 0 Å². The molecule has 0 bridgehead atoms. The summed E-state index contributed by atoms with van der Waals surface area (Å²) in [5, 5.41) is 11.9. The Labute approximate surface area is 92.4 Å². The van der Waals surface area contributed by atoms with Crippen molar-refractivity contribution in [1.82, 2.24) is 9.97 Å². The van der Waals surface area contributed by atoms with Crippen LogP contribution in [0.1, 0.15) is 19.5 Å². The Balaban J connectivity index is 2.38. The minimum absolute atomic E-state index is 0.509. The largest absolute Gasteiger partial charge is 0.367 e. The number of nitriles is 1. The van der Waals surface area contributed by atoms with E-state index in [1.165, 1.54) is 0 Å². The van der Waals surface area contributed by atoms with Crippen LogP contribution in [-0.4, -0.2) is 9.97 Å². The number of rotatable bonds is 2. The van der Waals surface area contributed by atoms with Gasteiger partial charge >= 0.3 is 0 Å². The maximum atomic E-state index is 9.00. The van der Waals surface area contributed by atoms with Gasteiger partial charge < -0.3 is 4.98 Å². The molecule has 2 heterocycles. The summed E-state index contributed by atoms with van der Waals surface area (Å²) in [6.45, 7) is 3.76. The van der Waals surface area contributed by atoms with E-state index in [9.17, 15) is 0 Å². The highest BCUT2D eigenvalue weighted by Gasteiger charge is 2.23. The predicted molar refractivity (Wildman–Crippen MR) is 60.5 cm³/mol. The first kappa shape index (κ1) is 9.94. The van der Waals surface area contributed by atoms with Gasteiger partial charge in [-0.05, 0) is 19.9 Å². The monoisotopic (exact) mass is 217 g/mol. The Morgan fingerprint density at radius 1 is 1.53 bits per heavy atom. The highest BCUT2D eigenvalue weighted by atomic mass is 32.1. The molecule has 2 aromatic heterocycles. The number of hydrogen-bond donors (Lipinski definition) is 1. The van der Waals surface area contributed by atoms with Crippen molar-refractivity contribution in [3.63, 3.8) is 0 Å². The first-order valence-electron chi connectivity index (χ1n) is 4.64. The molecule has 0 aliphatic heterocycles. The Morgan fingerprint density at radius 3 is 2.93 bits per heavy atom. The van der Waals surface area contributed by atoms with Crippen LogP contribution < -0.4 is 0 Å². The van der Waals surface area contributed by atoms with Gasteiger partial charge in [0.05, 0.1) is 17.2 Å². The minimum Gasteiger partial charge on any atom is -0.367 e. The van der Waals surface area contributed by atoms with Crippen LogP contribution >= 0.6 is 11.3 Å². The molecule has 0 radical (unpaired) electrons. The topological polar surface area (TPSA) is 52.5 Å². The molecule has 0 fully saturated rings. The summed E-state index contributed by atoms with van der Waals surface area (Å²) < 4.78 is 0. The van der Waals surface area contributed by atoms with Gasteiger partial charge in [0, 0.05) is 23.3 Å². The number of H-pyrrole nitrogens is 1. The molecule has 0 saturated carbocycles. The maximum absolute atomic E-state index is 9.00. The van der Waals surface area contributed by atoms with E-state index in [0.717, 1.165) is 16.3 Å². The van der Waals surface area contributed by atoms with Crippen LogP contribution in [0.3, 0.4) is 0 Å². The smallest absolute Gasteiger partial charge is 0.125 e. The number of aromatic amines is 1. The molecule has 0 spiro atoms. The van der Waals surface area contributed by atoms with Crippen LogP contribution in [0, 0.1) is 11.3 Å². The highest BCUT2D eigenvalue weighted by Crippen LogP contribution is 2.29.